The van der Waals surface area contributed by atoms with Crippen LogP contribution in [-0.4, -0.2) is 54.3 Å². The average Bonchev–Trinajstić information content (AvgIpc) is 2.75. The molecule has 1 atom stereocenters. The first kappa shape index (κ1) is 12.1. The van der Waals surface area contributed by atoms with Gasteiger partial charge in [0, 0.05) is 12.5 Å². The molecule has 2 aliphatic rings. The molecule has 2 rings (SSSR count). The first-order valence-electron chi connectivity index (χ1n) is 6.69. The van der Waals surface area contributed by atoms with Crippen LogP contribution < -0.4 is 0 Å². The van der Waals surface area contributed by atoms with E-state index in [0.29, 0.717) is 11.8 Å². The first-order chi connectivity index (χ1) is 7.72. The molecule has 3 nitrogen and oxygen atoms in total. The minimum atomic E-state index is 0.234. The fourth-order valence-electron chi connectivity index (χ4n) is 3.13. The maximum absolute atomic E-state index is 11.7. The molecule has 0 spiro atoms. The van der Waals surface area contributed by atoms with Crippen LogP contribution in [0.5, 0.6) is 0 Å². The molecule has 1 heterocycles. The van der Waals surface area contributed by atoms with Crippen LogP contribution in [0.15, 0.2) is 0 Å². The highest BCUT2D eigenvalue weighted by atomic mass is 16.1. The fraction of sp³-hybridized carbons (Fsp3) is 0.923. The molecular weight excluding hydrogens is 200 g/mol. The van der Waals surface area contributed by atoms with Crippen LogP contribution in [0.1, 0.15) is 39.0 Å². The summed E-state index contributed by atoms with van der Waals surface area (Å²) in [5.41, 5.74) is 0. The van der Waals surface area contributed by atoms with Crippen molar-refractivity contribution in [2.24, 2.45) is 0 Å². The number of hydrogen-bond donors (Lipinski definition) is 0. The zero-order valence-corrected chi connectivity index (χ0v) is 10.6. The van der Waals surface area contributed by atoms with Gasteiger partial charge in [0.1, 0.15) is 5.78 Å². The zero-order chi connectivity index (χ0) is 11.5. The van der Waals surface area contributed by atoms with E-state index in [4.69, 9.17) is 0 Å². The Balaban J connectivity index is 1.86. The van der Waals surface area contributed by atoms with E-state index in [1.165, 1.54) is 32.5 Å². The summed E-state index contributed by atoms with van der Waals surface area (Å²) in [5, 5.41) is 0. The van der Waals surface area contributed by atoms with E-state index < -0.39 is 0 Å². The molecule has 3 heteroatoms. The lowest BCUT2D eigenvalue weighted by atomic mass is 10.0. The van der Waals surface area contributed by atoms with Gasteiger partial charge in [-0.05, 0) is 52.4 Å². The highest BCUT2D eigenvalue weighted by Gasteiger charge is 2.33. The number of hydrogen-bond acceptors (Lipinski definition) is 3. The topological polar surface area (TPSA) is 23.6 Å². The Morgan fingerprint density at radius 2 is 2.00 bits per heavy atom. The number of piperidine rings is 1. The largest absolute Gasteiger partial charge is 0.303 e. The standard InChI is InChI=1S/C13H24N2O/c1-3-15-9-7-11(8-10-15)14(2)12-5-4-6-13(12)16/h11-12H,3-10H2,1-2H3. The number of Topliss-reactive ketones (excluding diaryl/α,β-unsaturated/α-hetero) is 1. The van der Waals surface area contributed by atoms with Crippen LogP contribution in [0.3, 0.4) is 0 Å². The molecule has 2 fully saturated rings. The number of nitrogens with zero attached hydrogens (tertiary/aromatic N) is 2. The Kier molecular flexibility index (Phi) is 3.98. The number of rotatable bonds is 3. The maximum atomic E-state index is 11.7. The molecule has 0 N–H and O–H groups in total. The third kappa shape index (κ3) is 2.46. The number of carbonyl (C=O) groups is 1. The molecule has 0 aromatic heterocycles. The molecule has 92 valence electrons. The normalized spacial score (nSPS) is 29.2. The summed E-state index contributed by atoms with van der Waals surface area (Å²) in [7, 11) is 2.15. The third-order valence-electron chi connectivity index (χ3n) is 4.34. The van der Waals surface area contributed by atoms with Gasteiger partial charge < -0.3 is 4.90 Å². The quantitative estimate of drug-likeness (QED) is 0.726. The summed E-state index contributed by atoms with van der Waals surface area (Å²) in [4.78, 5) is 16.6. The van der Waals surface area contributed by atoms with Gasteiger partial charge in [-0.15, -0.1) is 0 Å². The van der Waals surface area contributed by atoms with Crippen molar-refractivity contribution in [1.29, 1.82) is 0 Å². The Morgan fingerprint density at radius 1 is 1.31 bits per heavy atom. The summed E-state index contributed by atoms with van der Waals surface area (Å²) < 4.78 is 0. The Bertz CT molecular complexity index is 246. The highest BCUT2D eigenvalue weighted by molar-refractivity contribution is 5.85. The predicted molar refractivity (Wildman–Crippen MR) is 65.5 cm³/mol. The molecule has 0 radical (unpaired) electrons. The van der Waals surface area contributed by atoms with E-state index in [1.54, 1.807) is 0 Å². The molecule has 0 bridgehead atoms. The summed E-state index contributed by atoms with van der Waals surface area (Å²) in [6.07, 6.45) is 5.45. The second-order valence-corrected chi connectivity index (χ2v) is 5.21. The molecule has 1 saturated carbocycles. The van der Waals surface area contributed by atoms with Gasteiger partial charge in [0.25, 0.3) is 0 Å². The third-order valence-corrected chi connectivity index (χ3v) is 4.34. The van der Waals surface area contributed by atoms with Crippen molar-refractivity contribution in [2.75, 3.05) is 26.7 Å². The molecule has 0 amide bonds. The SMILES string of the molecule is CCN1CCC(N(C)C2CCCC2=O)CC1. The van der Waals surface area contributed by atoms with Crippen molar-refractivity contribution in [2.45, 2.75) is 51.1 Å². The lowest BCUT2D eigenvalue weighted by Gasteiger charge is -2.38. The molecule has 1 aliphatic carbocycles. The molecule has 0 aromatic rings. The summed E-state index contributed by atoms with van der Waals surface area (Å²) in [5.74, 6) is 0.473. The number of ketones is 1. The molecular formula is C13H24N2O. The molecule has 16 heavy (non-hydrogen) atoms. The Hall–Kier alpha value is -0.410. The van der Waals surface area contributed by atoms with Gasteiger partial charge in [-0.2, -0.15) is 0 Å². The Morgan fingerprint density at radius 3 is 2.50 bits per heavy atom. The minimum Gasteiger partial charge on any atom is -0.303 e. The summed E-state index contributed by atoms with van der Waals surface area (Å²) in [6, 6.07) is 0.869. The van der Waals surface area contributed by atoms with Crippen molar-refractivity contribution in [3.05, 3.63) is 0 Å². The number of likely N-dealkylation sites (tertiary alicyclic amines) is 1. The summed E-state index contributed by atoms with van der Waals surface area (Å²) >= 11 is 0. The van der Waals surface area contributed by atoms with Gasteiger partial charge in [0.05, 0.1) is 6.04 Å². The predicted octanol–water partition coefficient (Wildman–Crippen LogP) is 1.52. The first-order valence-corrected chi connectivity index (χ1v) is 6.69. The highest BCUT2D eigenvalue weighted by Crippen LogP contribution is 2.24. The van der Waals surface area contributed by atoms with E-state index in [9.17, 15) is 4.79 Å². The van der Waals surface area contributed by atoms with Gasteiger partial charge in [-0.25, -0.2) is 0 Å². The van der Waals surface area contributed by atoms with E-state index >= 15 is 0 Å². The van der Waals surface area contributed by atoms with Crippen LogP contribution in [0.2, 0.25) is 0 Å². The van der Waals surface area contributed by atoms with Crippen LogP contribution in [0, 0.1) is 0 Å². The van der Waals surface area contributed by atoms with Gasteiger partial charge in [0.2, 0.25) is 0 Å². The number of likely N-dealkylation sites (N-methyl/N-ethyl adjacent to an activating group) is 1. The molecule has 0 aromatic carbocycles. The van der Waals surface area contributed by atoms with Crippen LogP contribution in [-0.2, 0) is 4.79 Å². The van der Waals surface area contributed by atoms with Gasteiger partial charge >= 0.3 is 0 Å². The van der Waals surface area contributed by atoms with Crippen molar-refractivity contribution < 1.29 is 4.79 Å². The van der Waals surface area contributed by atoms with Crippen LogP contribution in [0.4, 0.5) is 0 Å². The zero-order valence-electron chi connectivity index (χ0n) is 10.6. The second kappa shape index (κ2) is 5.28. The van der Waals surface area contributed by atoms with Crippen molar-refractivity contribution >= 4 is 5.78 Å². The monoisotopic (exact) mass is 224 g/mol. The van der Waals surface area contributed by atoms with Gasteiger partial charge in [-0.1, -0.05) is 6.92 Å². The maximum Gasteiger partial charge on any atom is 0.149 e. The van der Waals surface area contributed by atoms with E-state index in [-0.39, 0.29) is 6.04 Å². The minimum absolute atomic E-state index is 0.234. The van der Waals surface area contributed by atoms with E-state index in [0.717, 1.165) is 19.3 Å². The lowest BCUT2D eigenvalue weighted by Crippen LogP contribution is -2.48. The average molecular weight is 224 g/mol. The lowest BCUT2D eigenvalue weighted by molar-refractivity contribution is -0.122. The van der Waals surface area contributed by atoms with Gasteiger partial charge in [0.15, 0.2) is 0 Å². The smallest absolute Gasteiger partial charge is 0.149 e. The number of carbonyl (C=O) groups excluding carboxylic acids is 1. The molecule has 1 unspecified atom stereocenters. The molecule has 1 saturated heterocycles. The van der Waals surface area contributed by atoms with Crippen molar-refractivity contribution in [3.63, 3.8) is 0 Å². The van der Waals surface area contributed by atoms with Crippen molar-refractivity contribution in [1.82, 2.24) is 9.80 Å². The van der Waals surface area contributed by atoms with E-state index in [1.807, 2.05) is 0 Å². The Labute approximate surface area is 98.8 Å². The second-order valence-electron chi connectivity index (χ2n) is 5.21. The van der Waals surface area contributed by atoms with Crippen LogP contribution in [0.25, 0.3) is 0 Å². The van der Waals surface area contributed by atoms with Crippen molar-refractivity contribution in [3.8, 4) is 0 Å². The van der Waals surface area contributed by atoms with Gasteiger partial charge in [-0.3, -0.25) is 9.69 Å². The van der Waals surface area contributed by atoms with E-state index in [2.05, 4.69) is 23.8 Å². The van der Waals surface area contributed by atoms with Crippen LogP contribution >= 0.6 is 0 Å². The summed E-state index contributed by atoms with van der Waals surface area (Å²) in [6.45, 7) is 5.79. The fourth-order valence-corrected chi connectivity index (χ4v) is 3.13. The molecule has 1 aliphatic heterocycles.